The van der Waals surface area contributed by atoms with E-state index in [4.69, 9.17) is 0 Å². The average molecular weight is 439 g/mol. The molecule has 0 saturated heterocycles. The highest BCUT2D eigenvalue weighted by atomic mass is 79.9. The Morgan fingerprint density at radius 2 is 1.76 bits per heavy atom. The highest BCUT2D eigenvalue weighted by Crippen LogP contribution is 2.42. The van der Waals surface area contributed by atoms with E-state index in [1.54, 1.807) is 11.3 Å². The average Bonchev–Trinajstić information content (AvgIpc) is 2.60. The van der Waals surface area contributed by atoms with Crippen LogP contribution in [0.25, 0.3) is 0 Å². The zero-order chi connectivity index (χ0) is 12.6. The Labute approximate surface area is 131 Å². The van der Waals surface area contributed by atoms with Crippen LogP contribution < -0.4 is 0 Å². The number of halogens is 3. The lowest BCUT2D eigenvalue weighted by molar-refractivity contribution is 1.14. The third kappa shape index (κ3) is 3.03. The third-order valence-electron chi connectivity index (χ3n) is 2.66. The SMILES string of the molecule is Cc1ccc(C)c(C(Br)c2cc(Br)sc2Br)c1. The lowest BCUT2D eigenvalue weighted by atomic mass is 10.00. The Bertz CT molecular complexity index is 546. The molecule has 0 radical (unpaired) electrons. The van der Waals surface area contributed by atoms with Crippen molar-refractivity contribution in [1.82, 2.24) is 0 Å². The molecule has 1 aromatic carbocycles. The first-order valence-corrected chi connectivity index (χ1v) is 8.47. The summed E-state index contributed by atoms with van der Waals surface area (Å²) in [4.78, 5) is 0.235. The van der Waals surface area contributed by atoms with E-state index in [1.807, 2.05) is 0 Å². The van der Waals surface area contributed by atoms with E-state index < -0.39 is 0 Å². The van der Waals surface area contributed by atoms with E-state index in [9.17, 15) is 0 Å². The molecule has 0 aliphatic heterocycles. The lowest BCUT2D eigenvalue weighted by Gasteiger charge is -2.13. The van der Waals surface area contributed by atoms with E-state index in [2.05, 4.69) is 85.9 Å². The number of thiophene rings is 1. The van der Waals surface area contributed by atoms with Crippen LogP contribution >= 0.6 is 59.1 Å². The van der Waals surface area contributed by atoms with Crippen molar-refractivity contribution in [2.24, 2.45) is 0 Å². The summed E-state index contributed by atoms with van der Waals surface area (Å²) in [5, 5.41) is 0. The quantitative estimate of drug-likeness (QED) is 0.477. The summed E-state index contributed by atoms with van der Waals surface area (Å²) in [7, 11) is 0. The first kappa shape index (κ1) is 13.8. The molecule has 0 aliphatic carbocycles. The van der Waals surface area contributed by atoms with Crippen molar-refractivity contribution in [3.8, 4) is 0 Å². The minimum atomic E-state index is 0.235. The lowest BCUT2D eigenvalue weighted by Crippen LogP contribution is -1.95. The van der Waals surface area contributed by atoms with Gasteiger partial charge in [0.25, 0.3) is 0 Å². The Morgan fingerprint density at radius 1 is 1.06 bits per heavy atom. The highest BCUT2D eigenvalue weighted by Gasteiger charge is 2.18. The van der Waals surface area contributed by atoms with Crippen LogP contribution in [-0.4, -0.2) is 0 Å². The van der Waals surface area contributed by atoms with Crippen molar-refractivity contribution >= 4 is 59.1 Å². The monoisotopic (exact) mass is 436 g/mol. The predicted molar refractivity (Wildman–Crippen MR) is 86.4 cm³/mol. The van der Waals surface area contributed by atoms with Crippen molar-refractivity contribution in [3.63, 3.8) is 0 Å². The van der Waals surface area contributed by atoms with Crippen LogP contribution in [0.2, 0.25) is 0 Å². The van der Waals surface area contributed by atoms with Crippen LogP contribution in [0.5, 0.6) is 0 Å². The Morgan fingerprint density at radius 3 is 2.35 bits per heavy atom. The van der Waals surface area contributed by atoms with Crippen LogP contribution in [0, 0.1) is 13.8 Å². The summed E-state index contributed by atoms with van der Waals surface area (Å²) in [6.07, 6.45) is 0. The molecule has 0 saturated carbocycles. The summed E-state index contributed by atoms with van der Waals surface area (Å²) in [5.74, 6) is 0. The summed E-state index contributed by atoms with van der Waals surface area (Å²) in [6.45, 7) is 4.28. The maximum Gasteiger partial charge on any atom is 0.0757 e. The van der Waals surface area contributed by atoms with E-state index in [-0.39, 0.29) is 4.83 Å². The first-order valence-electron chi connectivity index (χ1n) is 5.15. The number of aryl methyl sites for hydroxylation is 2. The molecular formula is C13H11Br3S. The van der Waals surface area contributed by atoms with Crippen LogP contribution in [0.4, 0.5) is 0 Å². The van der Waals surface area contributed by atoms with E-state index in [0.717, 1.165) is 3.79 Å². The first-order chi connectivity index (χ1) is 7.99. The number of alkyl halides is 1. The fourth-order valence-electron chi connectivity index (χ4n) is 1.73. The molecule has 0 spiro atoms. The van der Waals surface area contributed by atoms with Gasteiger partial charge in [0, 0.05) is 0 Å². The Kier molecular flexibility index (Phi) is 4.50. The second-order valence-electron chi connectivity index (χ2n) is 4.00. The van der Waals surface area contributed by atoms with Gasteiger partial charge in [-0.2, -0.15) is 0 Å². The second kappa shape index (κ2) is 5.55. The van der Waals surface area contributed by atoms with E-state index in [1.165, 1.54) is 26.0 Å². The molecule has 0 N–H and O–H groups in total. The van der Waals surface area contributed by atoms with Crippen LogP contribution in [0.3, 0.4) is 0 Å². The molecule has 1 unspecified atom stereocenters. The van der Waals surface area contributed by atoms with Crippen molar-refractivity contribution in [2.75, 3.05) is 0 Å². The molecule has 0 amide bonds. The number of hydrogen-bond donors (Lipinski definition) is 0. The summed E-state index contributed by atoms with van der Waals surface area (Å²) < 4.78 is 2.32. The maximum atomic E-state index is 3.80. The second-order valence-corrected chi connectivity index (χ2v) is 8.67. The smallest absolute Gasteiger partial charge is 0.0757 e. The van der Waals surface area contributed by atoms with Gasteiger partial charge in [0.15, 0.2) is 0 Å². The molecule has 1 aromatic heterocycles. The van der Waals surface area contributed by atoms with Crippen LogP contribution in [0.1, 0.15) is 27.1 Å². The van der Waals surface area contributed by atoms with Gasteiger partial charge in [-0.3, -0.25) is 0 Å². The maximum absolute atomic E-state index is 3.80. The van der Waals surface area contributed by atoms with Gasteiger partial charge in [0.2, 0.25) is 0 Å². The molecule has 17 heavy (non-hydrogen) atoms. The fourth-order valence-corrected chi connectivity index (χ4v) is 5.94. The molecule has 2 aromatic rings. The normalized spacial score (nSPS) is 12.8. The minimum absolute atomic E-state index is 0.235. The molecule has 90 valence electrons. The number of rotatable bonds is 2. The molecule has 2 rings (SSSR count). The van der Waals surface area contributed by atoms with Crippen LogP contribution in [-0.2, 0) is 0 Å². The highest BCUT2D eigenvalue weighted by molar-refractivity contribution is 9.12. The standard InChI is InChI=1S/C13H11Br3S/c1-7-3-4-8(2)9(5-7)12(15)10-6-11(14)17-13(10)16/h3-6,12H,1-2H3. The van der Waals surface area contributed by atoms with Crippen molar-refractivity contribution < 1.29 is 0 Å². The Balaban J connectivity index is 2.46. The molecule has 0 bridgehead atoms. The van der Waals surface area contributed by atoms with Gasteiger partial charge in [0.1, 0.15) is 0 Å². The summed E-state index contributed by atoms with van der Waals surface area (Å²) >= 11 is 12.6. The molecule has 0 aliphatic rings. The molecular weight excluding hydrogens is 428 g/mol. The summed E-state index contributed by atoms with van der Waals surface area (Å²) in [6, 6.07) is 8.73. The zero-order valence-electron chi connectivity index (χ0n) is 9.43. The largest absolute Gasteiger partial charge is 0.121 e. The van der Waals surface area contributed by atoms with Crippen LogP contribution in [0.15, 0.2) is 31.8 Å². The number of hydrogen-bond acceptors (Lipinski definition) is 1. The topological polar surface area (TPSA) is 0 Å². The third-order valence-corrected chi connectivity index (χ3v) is 6.04. The van der Waals surface area contributed by atoms with Crippen molar-refractivity contribution in [3.05, 3.63) is 54.1 Å². The molecule has 4 heteroatoms. The molecule has 0 fully saturated rings. The van der Waals surface area contributed by atoms with E-state index in [0.29, 0.717) is 0 Å². The minimum Gasteiger partial charge on any atom is -0.121 e. The number of benzene rings is 1. The summed E-state index contributed by atoms with van der Waals surface area (Å²) in [5.41, 5.74) is 5.21. The Hall–Kier alpha value is 0.360. The zero-order valence-corrected chi connectivity index (χ0v) is 15.0. The van der Waals surface area contributed by atoms with Crippen molar-refractivity contribution in [2.45, 2.75) is 18.7 Å². The molecule has 1 atom stereocenters. The van der Waals surface area contributed by atoms with Gasteiger partial charge in [-0.25, -0.2) is 0 Å². The molecule has 1 heterocycles. The fraction of sp³-hybridized carbons (Fsp3) is 0.231. The van der Waals surface area contributed by atoms with Gasteiger partial charge in [-0.05, 0) is 68.5 Å². The molecule has 0 nitrogen and oxygen atoms in total. The van der Waals surface area contributed by atoms with Gasteiger partial charge >= 0.3 is 0 Å². The van der Waals surface area contributed by atoms with E-state index >= 15 is 0 Å². The van der Waals surface area contributed by atoms with Gasteiger partial charge in [-0.1, -0.05) is 39.7 Å². The van der Waals surface area contributed by atoms with Gasteiger partial charge < -0.3 is 0 Å². The van der Waals surface area contributed by atoms with Gasteiger partial charge in [0.05, 0.1) is 12.4 Å². The predicted octanol–water partition coefficient (Wildman–Crippen LogP) is 6.37. The van der Waals surface area contributed by atoms with Crippen molar-refractivity contribution in [1.29, 1.82) is 0 Å². The van der Waals surface area contributed by atoms with Gasteiger partial charge in [-0.15, -0.1) is 11.3 Å².